The number of nitrogens with zero attached hydrogens (tertiary/aromatic N) is 2. The second-order valence-electron chi connectivity index (χ2n) is 7.28. The minimum atomic E-state index is -3.84. The van der Waals surface area contributed by atoms with Crippen LogP contribution in [0.1, 0.15) is 16.1 Å². The van der Waals surface area contributed by atoms with Crippen molar-refractivity contribution in [2.75, 3.05) is 7.11 Å². The first-order chi connectivity index (χ1) is 15.8. The number of carbonyl (C=O) groups excluding carboxylic acids is 1. The summed E-state index contributed by atoms with van der Waals surface area (Å²) in [5.41, 5.74) is 3.60. The number of carbonyl (C=O) groups is 1. The van der Waals surface area contributed by atoms with Gasteiger partial charge in [-0.3, -0.25) is 4.68 Å². The van der Waals surface area contributed by atoms with Gasteiger partial charge in [-0.2, -0.15) is 5.10 Å². The maximum absolute atomic E-state index is 12.9. The number of methoxy groups -OCH3 is 1. The Kier molecular flexibility index (Phi) is 6.33. The number of sulfonamides is 1. The second-order valence-corrected chi connectivity index (χ2v) is 9.28. The van der Waals surface area contributed by atoms with Gasteiger partial charge in [-0.1, -0.05) is 66.2 Å². The average molecular weight is 482 g/mol. The first-order valence-electron chi connectivity index (χ1n) is 9.90. The molecule has 0 fully saturated rings. The van der Waals surface area contributed by atoms with Crippen molar-refractivity contribution in [1.29, 1.82) is 0 Å². The van der Waals surface area contributed by atoms with Gasteiger partial charge in [0.15, 0.2) is 5.69 Å². The van der Waals surface area contributed by atoms with E-state index in [4.69, 9.17) is 26.6 Å². The van der Waals surface area contributed by atoms with Crippen molar-refractivity contribution in [3.8, 4) is 22.4 Å². The smallest absolute Gasteiger partial charge is 0.357 e. The molecule has 0 spiro atoms. The summed E-state index contributed by atoms with van der Waals surface area (Å²) in [6, 6.07) is 22.7. The van der Waals surface area contributed by atoms with Gasteiger partial charge in [0.05, 0.1) is 18.6 Å². The molecule has 0 bridgehead atoms. The summed E-state index contributed by atoms with van der Waals surface area (Å²) >= 11 is 6.08. The summed E-state index contributed by atoms with van der Waals surface area (Å²) in [6.07, 6.45) is 0. The fourth-order valence-corrected chi connectivity index (χ4v) is 4.17. The van der Waals surface area contributed by atoms with Crippen LogP contribution >= 0.6 is 11.6 Å². The molecule has 2 N–H and O–H groups in total. The highest BCUT2D eigenvalue weighted by molar-refractivity contribution is 7.89. The zero-order chi connectivity index (χ0) is 23.6. The van der Waals surface area contributed by atoms with E-state index in [9.17, 15) is 13.2 Å². The number of ether oxygens (including phenoxy) is 1. The van der Waals surface area contributed by atoms with Gasteiger partial charge in [-0.25, -0.2) is 18.4 Å². The van der Waals surface area contributed by atoms with Gasteiger partial charge >= 0.3 is 5.97 Å². The first-order valence-corrected chi connectivity index (χ1v) is 11.8. The minimum Gasteiger partial charge on any atom is -0.464 e. The molecule has 0 saturated heterocycles. The van der Waals surface area contributed by atoms with E-state index in [1.54, 1.807) is 41.1 Å². The monoisotopic (exact) mass is 481 g/mol. The molecule has 33 heavy (non-hydrogen) atoms. The normalized spacial score (nSPS) is 11.4. The maximum Gasteiger partial charge on any atom is 0.357 e. The van der Waals surface area contributed by atoms with E-state index < -0.39 is 16.0 Å². The van der Waals surface area contributed by atoms with E-state index >= 15 is 0 Å². The molecule has 3 aromatic carbocycles. The van der Waals surface area contributed by atoms with Gasteiger partial charge in [0, 0.05) is 16.1 Å². The molecule has 0 aliphatic rings. The Hall–Kier alpha value is -3.46. The topological polar surface area (TPSA) is 104 Å². The van der Waals surface area contributed by atoms with Gasteiger partial charge in [-0.05, 0) is 35.4 Å². The quantitative estimate of drug-likeness (QED) is 0.412. The molecule has 0 aliphatic carbocycles. The zero-order valence-electron chi connectivity index (χ0n) is 17.6. The summed E-state index contributed by atoms with van der Waals surface area (Å²) in [5, 5.41) is 10.5. The number of primary sulfonamides is 1. The molecular formula is C24H20ClN3O4S. The summed E-state index contributed by atoms with van der Waals surface area (Å²) in [6.45, 7) is 0.334. The first kappa shape index (κ1) is 22.7. The molecule has 9 heteroatoms. The Labute approximate surface area is 196 Å². The molecule has 0 amide bonds. The molecular weight excluding hydrogens is 462 g/mol. The van der Waals surface area contributed by atoms with Crippen LogP contribution in [0.15, 0.2) is 83.8 Å². The number of benzene rings is 3. The van der Waals surface area contributed by atoms with Crippen LogP contribution in [-0.2, 0) is 21.3 Å². The van der Waals surface area contributed by atoms with Gasteiger partial charge in [0.25, 0.3) is 0 Å². The van der Waals surface area contributed by atoms with Crippen molar-refractivity contribution < 1.29 is 17.9 Å². The lowest BCUT2D eigenvalue weighted by molar-refractivity contribution is 0.0588. The molecule has 4 rings (SSSR count). The molecule has 0 atom stereocenters. The maximum atomic E-state index is 12.9. The SMILES string of the molecule is COC(=O)c1c(-c2ccc(Cl)cc2)c(-c2ccc(S(N)(=O)=O)cc2)nn1Cc1ccccc1. The number of esters is 1. The van der Waals surface area contributed by atoms with Crippen molar-refractivity contribution in [1.82, 2.24) is 9.78 Å². The Morgan fingerprint density at radius 3 is 2.15 bits per heavy atom. The fraction of sp³-hybridized carbons (Fsp3) is 0.0833. The van der Waals surface area contributed by atoms with E-state index in [-0.39, 0.29) is 10.6 Å². The molecule has 168 valence electrons. The lowest BCUT2D eigenvalue weighted by atomic mass is 9.98. The van der Waals surface area contributed by atoms with E-state index in [2.05, 4.69) is 0 Å². The molecule has 0 aliphatic heterocycles. The number of nitrogens with two attached hydrogens (primary N) is 1. The van der Waals surface area contributed by atoms with E-state index in [1.807, 2.05) is 30.3 Å². The Bertz CT molecular complexity index is 1400. The zero-order valence-corrected chi connectivity index (χ0v) is 19.2. The van der Waals surface area contributed by atoms with Gasteiger partial charge < -0.3 is 4.74 Å². The number of hydrogen-bond acceptors (Lipinski definition) is 5. The van der Waals surface area contributed by atoms with Crippen LogP contribution in [0.4, 0.5) is 0 Å². The van der Waals surface area contributed by atoms with Gasteiger partial charge in [0.1, 0.15) is 5.69 Å². The van der Waals surface area contributed by atoms with Crippen LogP contribution in [0, 0.1) is 0 Å². The Morgan fingerprint density at radius 1 is 0.970 bits per heavy atom. The number of rotatable bonds is 6. The van der Waals surface area contributed by atoms with E-state index in [1.165, 1.54) is 19.2 Å². The van der Waals surface area contributed by atoms with Crippen LogP contribution in [0.2, 0.25) is 5.02 Å². The number of hydrogen-bond donors (Lipinski definition) is 1. The molecule has 4 aromatic rings. The minimum absolute atomic E-state index is 0.0174. The molecule has 0 radical (unpaired) electrons. The lowest BCUT2D eigenvalue weighted by Crippen LogP contribution is -2.13. The lowest BCUT2D eigenvalue weighted by Gasteiger charge is -2.09. The number of aromatic nitrogens is 2. The molecule has 1 heterocycles. The summed E-state index contributed by atoms with van der Waals surface area (Å²) in [5.74, 6) is -0.546. The highest BCUT2D eigenvalue weighted by Crippen LogP contribution is 2.36. The van der Waals surface area contributed by atoms with Crippen LogP contribution in [0.5, 0.6) is 0 Å². The summed E-state index contributed by atoms with van der Waals surface area (Å²) in [4.78, 5) is 12.9. The predicted molar refractivity (Wildman–Crippen MR) is 126 cm³/mol. The van der Waals surface area contributed by atoms with Crippen LogP contribution in [0.3, 0.4) is 0 Å². The van der Waals surface area contributed by atoms with Crippen molar-refractivity contribution in [2.45, 2.75) is 11.4 Å². The van der Waals surface area contributed by atoms with Gasteiger partial charge in [-0.15, -0.1) is 0 Å². The molecule has 0 unspecified atom stereocenters. The third kappa shape index (κ3) is 4.83. The van der Waals surface area contributed by atoms with Crippen LogP contribution in [0.25, 0.3) is 22.4 Å². The standard InChI is InChI=1S/C24H20ClN3O4S/c1-32-24(29)23-21(17-7-11-19(25)12-8-17)22(18-9-13-20(14-10-18)33(26,30)31)27-28(23)15-16-5-3-2-4-6-16/h2-14H,15H2,1H3,(H2,26,30,31). The average Bonchev–Trinajstić information content (AvgIpc) is 3.18. The largest absolute Gasteiger partial charge is 0.464 e. The highest BCUT2D eigenvalue weighted by Gasteiger charge is 2.26. The second kappa shape index (κ2) is 9.19. The fourth-order valence-electron chi connectivity index (χ4n) is 3.53. The van der Waals surface area contributed by atoms with Crippen LogP contribution < -0.4 is 5.14 Å². The molecule has 1 aromatic heterocycles. The highest BCUT2D eigenvalue weighted by atomic mass is 35.5. The summed E-state index contributed by atoms with van der Waals surface area (Å²) < 4.78 is 30.0. The van der Waals surface area contributed by atoms with Crippen molar-refractivity contribution >= 4 is 27.6 Å². The Morgan fingerprint density at radius 2 is 1.58 bits per heavy atom. The van der Waals surface area contributed by atoms with E-state index in [0.29, 0.717) is 34.0 Å². The van der Waals surface area contributed by atoms with Crippen molar-refractivity contribution in [3.63, 3.8) is 0 Å². The third-order valence-electron chi connectivity index (χ3n) is 5.10. The van der Waals surface area contributed by atoms with Crippen LogP contribution in [-0.4, -0.2) is 31.3 Å². The molecule has 0 saturated carbocycles. The predicted octanol–water partition coefficient (Wildman–Crippen LogP) is 4.35. The Balaban J connectivity index is 1.96. The number of halogens is 1. The van der Waals surface area contributed by atoms with Gasteiger partial charge in [0.2, 0.25) is 10.0 Å². The van der Waals surface area contributed by atoms with Crippen molar-refractivity contribution in [2.24, 2.45) is 5.14 Å². The molecule has 7 nitrogen and oxygen atoms in total. The third-order valence-corrected chi connectivity index (χ3v) is 6.28. The summed E-state index contributed by atoms with van der Waals surface area (Å²) in [7, 11) is -2.53. The van der Waals surface area contributed by atoms with E-state index in [0.717, 1.165) is 5.56 Å². The van der Waals surface area contributed by atoms with Crippen molar-refractivity contribution in [3.05, 3.63) is 95.1 Å².